The van der Waals surface area contributed by atoms with E-state index in [1.54, 1.807) is 12.3 Å². The number of para-hydroxylation sites is 2. The van der Waals surface area contributed by atoms with Gasteiger partial charge in [0, 0.05) is 45.1 Å². The number of nitrogens with one attached hydrogen (secondary N) is 1. The van der Waals surface area contributed by atoms with Crippen molar-refractivity contribution in [2.75, 3.05) is 37.6 Å². The molecule has 1 saturated heterocycles. The summed E-state index contributed by atoms with van der Waals surface area (Å²) in [7, 11) is 0. The van der Waals surface area contributed by atoms with Crippen LogP contribution in [0.5, 0.6) is 5.75 Å². The maximum atomic E-state index is 10.1. The lowest BCUT2D eigenvalue weighted by Crippen LogP contribution is -2.52. The second-order valence-electron chi connectivity index (χ2n) is 7.66. The Labute approximate surface area is 206 Å². The molecule has 1 aliphatic heterocycles. The van der Waals surface area contributed by atoms with Crippen molar-refractivity contribution in [3.8, 4) is 5.75 Å². The van der Waals surface area contributed by atoms with Gasteiger partial charge in [0.15, 0.2) is 5.96 Å². The van der Waals surface area contributed by atoms with E-state index < -0.39 is 0 Å². The Morgan fingerprint density at radius 3 is 2.53 bits per heavy atom. The van der Waals surface area contributed by atoms with Gasteiger partial charge in [-0.1, -0.05) is 36.4 Å². The Bertz CT molecular complexity index is 999. The van der Waals surface area contributed by atoms with Crippen molar-refractivity contribution < 1.29 is 5.11 Å². The van der Waals surface area contributed by atoms with Gasteiger partial charge in [0.05, 0.1) is 18.8 Å². The average Bonchev–Trinajstić information content (AvgIpc) is 3.30. The van der Waals surface area contributed by atoms with Crippen LogP contribution in [0, 0.1) is 0 Å². The van der Waals surface area contributed by atoms with E-state index in [0.717, 1.165) is 50.9 Å². The van der Waals surface area contributed by atoms with Gasteiger partial charge >= 0.3 is 0 Å². The molecule has 32 heavy (non-hydrogen) atoms. The number of aliphatic imine (C=N–C) groups is 1. The summed E-state index contributed by atoms with van der Waals surface area (Å²) in [6.07, 6.45) is 3.78. The fourth-order valence-electron chi connectivity index (χ4n) is 3.89. The number of hydrogen-bond acceptors (Lipinski definition) is 4. The minimum Gasteiger partial charge on any atom is -0.506 e. The highest BCUT2D eigenvalue weighted by Gasteiger charge is 2.21. The molecule has 2 aromatic carbocycles. The van der Waals surface area contributed by atoms with Gasteiger partial charge in [-0.05, 0) is 36.2 Å². The molecule has 0 saturated carbocycles. The largest absolute Gasteiger partial charge is 0.506 e. The molecular formula is C24H31IN6O. The number of rotatable bonds is 6. The van der Waals surface area contributed by atoms with E-state index in [1.807, 2.05) is 35.1 Å². The number of aromatic hydroxyl groups is 1. The number of guanidine groups is 1. The molecule has 170 valence electrons. The summed E-state index contributed by atoms with van der Waals surface area (Å²) in [5.41, 5.74) is 3.31. The van der Waals surface area contributed by atoms with Crippen molar-refractivity contribution in [2.24, 2.45) is 4.99 Å². The number of phenolic OH excluding ortho intramolecular Hbond substituents is 1. The Hall–Kier alpha value is -2.75. The lowest BCUT2D eigenvalue weighted by atomic mass is 10.1. The first kappa shape index (κ1) is 23.9. The van der Waals surface area contributed by atoms with E-state index in [-0.39, 0.29) is 24.0 Å². The van der Waals surface area contributed by atoms with E-state index >= 15 is 0 Å². The molecule has 4 rings (SSSR count). The summed E-state index contributed by atoms with van der Waals surface area (Å²) < 4.78 is 1.93. The fourth-order valence-corrected chi connectivity index (χ4v) is 3.89. The molecule has 1 fully saturated rings. The molecule has 2 heterocycles. The zero-order valence-corrected chi connectivity index (χ0v) is 20.7. The van der Waals surface area contributed by atoms with Crippen molar-refractivity contribution in [2.45, 2.75) is 20.0 Å². The van der Waals surface area contributed by atoms with Crippen LogP contribution in [0.4, 0.5) is 5.69 Å². The summed E-state index contributed by atoms with van der Waals surface area (Å²) in [5, 5.41) is 17.9. The lowest BCUT2D eigenvalue weighted by Gasteiger charge is -2.37. The van der Waals surface area contributed by atoms with E-state index in [4.69, 9.17) is 4.99 Å². The number of aromatic nitrogens is 2. The third kappa shape index (κ3) is 6.15. The highest BCUT2D eigenvalue weighted by atomic mass is 127. The zero-order chi connectivity index (χ0) is 21.5. The summed E-state index contributed by atoms with van der Waals surface area (Å²) in [6.45, 7) is 7.74. The van der Waals surface area contributed by atoms with Crippen LogP contribution >= 0.6 is 24.0 Å². The second-order valence-corrected chi connectivity index (χ2v) is 7.66. The van der Waals surface area contributed by atoms with Crippen LogP contribution in [-0.2, 0) is 13.1 Å². The van der Waals surface area contributed by atoms with E-state index in [2.05, 4.69) is 51.4 Å². The SMILES string of the molecule is CCNC(=NCc1cccc(Cn2cccn2)c1)N1CCN(c2ccccc2O)CC1.I. The van der Waals surface area contributed by atoms with Gasteiger partial charge in [0.1, 0.15) is 5.75 Å². The Balaban J connectivity index is 0.00000289. The van der Waals surface area contributed by atoms with Crippen LogP contribution in [-0.4, -0.2) is 58.5 Å². The van der Waals surface area contributed by atoms with Gasteiger partial charge in [-0.25, -0.2) is 4.99 Å². The minimum atomic E-state index is 0. The van der Waals surface area contributed by atoms with E-state index in [0.29, 0.717) is 12.3 Å². The topological polar surface area (TPSA) is 68.9 Å². The molecule has 7 nitrogen and oxygen atoms in total. The maximum Gasteiger partial charge on any atom is 0.194 e. The summed E-state index contributed by atoms with van der Waals surface area (Å²) in [5.74, 6) is 1.28. The number of phenols is 1. The maximum absolute atomic E-state index is 10.1. The Kier molecular flexibility index (Phi) is 8.78. The van der Waals surface area contributed by atoms with Crippen molar-refractivity contribution in [1.29, 1.82) is 0 Å². The lowest BCUT2D eigenvalue weighted by molar-refractivity contribution is 0.369. The van der Waals surface area contributed by atoms with Gasteiger partial charge < -0.3 is 20.2 Å². The smallest absolute Gasteiger partial charge is 0.194 e. The molecule has 1 aliphatic rings. The standard InChI is InChI=1S/C24H30N6O.HI/c1-2-25-24(29-15-13-28(14-16-29)22-9-3-4-10-23(22)31)26-18-20-7-5-8-21(17-20)19-30-12-6-11-27-30;/h3-12,17,31H,2,13-16,18-19H2,1H3,(H,25,26);1H. The molecule has 0 unspecified atom stereocenters. The molecule has 1 aromatic heterocycles. The van der Waals surface area contributed by atoms with Crippen LogP contribution in [0.1, 0.15) is 18.1 Å². The minimum absolute atomic E-state index is 0. The normalized spacial score (nSPS) is 14.2. The number of nitrogens with zero attached hydrogens (tertiary/aromatic N) is 5. The van der Waals surface area contributed by atoms with Crippen LogP contribution in [0.15, 0.2) is 72.0 Å². The number of piperazine rings is 1. The van der Waals surface area contributed by atoms with Crippen LogP contribution in [0.3, 0.4) is 0 Å². The number of benzene rings is 2. The zero-order valence-electron chi connectivity index (χ0n) is 18.4. The molecule has 0 aliphatic carbocycles. The second kappa shape index (κ2) is 11.8. The van der Waals surface area contributed by atoms with Gasteiger partial charge in [0.25, 0.3) is 0 Å². The molecule has 0 bridgehead atoms. The molecule has 0 amide bonds. The van der Waals surface area contributed by atoms with Crippen LogP contribution < -0.4 is 10.2 Å². The molecule has 8 heteroatoms. The fraction of sp³-hybridized carbons (Fsp3) is 0.333. The molecule has 0 spiro atoms. The number of anilines is 1. The van der Waals surface area contributed by atoms with Gasteiger partial charge in [-0.2, -0.15) is 5.10 Å². The number of halogens is 1. The number of hydrogen-bond donors (Lipinski definition) is 2. The van der Waals surface area contributed by atoms with Crippen molar-refractivity contribution in [3.05, 3.63) is 78.1 Å². The molecular weight excluding hydrogens is 515 g/mol. The average molecular weight is 546 g/mol. The van der Waals surface area contributed by atoms with Crippen molar-refractivity contribution in [3.63, 3.8) is 0 Å². The van der Waals surface area contributed by atoms with Crippen molar-refractivity contribution in [1.82, 2.24) is 20.0 Å². The molecule has 2 N–H and O–H groups in total. The van der Waals surface area contributed by atoms with Crippen molar-refractivity contribution >= 4 is 35.6 Å². The van der Waals surface area contributed by atoms with E-state index in [9.17, 15) is 5.11 Å². The van der Waals surface area contributed by atoms with Crippen LogP contribution in [0.2, 0.25) is 0 Å². The first-order valence-corrected chi connectivity index (χ1v) is 10.8. The first-order chi connectivity index (χ1) is 15.2. The van der Waals surface area contributed by atoms with Gasteiger partial charge in [-0.15, -0.1) is 24.0 Å². The third-order valence-electron chi connectivity index (χ3n) is 5.44. The Morgan fingerprint density at radius 2 is 1.81 bits per heavy atom. The molecule has 0 radical (unpaired) electrons. The Morgan fingerprint density at radius 1 is 1.03 bits per heavy atom. The highest BCUT2D eigenvalue weighted by Crippen LogP contribution is 2.27. The quantitative estimate of drug-likeness (QED) is 0.281. The van der Waals surface area contributed by atoms with E-state index in [1.165, 1.54) is 11.1 Å². The van der Waals surface area contributed by atoms with Gasteiger partial charge in [0.2, 0.25) is 0 Å². The highest BCUT2D eigenvalue weighted by molar-refractivity contribution is 14.0. The monoisotopic (exact) mass is 546 g/mol. The summed E-state index contributed by atoms with van der Waals surface area (Å²) >= 11 is 0. The summed E-state index contributed by atoms with van der Waals surface area (Å²) in [4.78, 5) is 9.43. The predicted octanol–water partition coefficient (Wildman–Crippen LogP) is 3.54. The van der Waals surface area contributed by atoms with Crippen LogP contribution in [0.25, 0.3) is 0 Å². The third-order valence-corrected chi connectivity index (χ3v) is 5.44. The van der Waals surface area contributed by atoms with Gasteiger partial charge in [-0.3, -0.25) is 4.68 Å². The predicted molar refractivity (Wildman–Crippen MR) is 140 cm³/mol. The summed E-state index contributed by atoms with van der Waals surface area (Å²) in [6, 6.07) is 18.0. The molecule has 0 atom stereocenters. The first-order valence-electron chi connectivity index (χ1n) is 10.8. The molecule has 3 aromatic rings.